The summed E-state index contributed by atoms with van der Waals surface area (Å²) in [5.74, 6) is 0. The number of nitrogen functional groups attached to an aromatic ring is 1. The van der Waals surface area contributed by atoms with Gasteiger partial charge in [0.2, 0.25) is 5.28 Å². The summed E-state index contributed by atoms with van der Waals surface area (Å²) in [6.07, 6.45) is 1.04. The van der Waals surface area contributed by atoms with Gasteiger partial charge in [0.15, 0.2) is 0 Å². The molecule has 1 aromatic heterocycles. The molecule has 0 aliphatic carbocycles. The molecular weight excluding hydrogens is 222 g/mol. The van der Waals surface area contributed by atoms with Crippen molar-refractivity contribution in [3.8, 4) is 0 Å². The number of hydrogen-bond acceptors (Lipinski definition) is 5. The molecule has 0 radical (unpaired) electrons. The molecule has 0 aliphatic heterocycles. The van der Waals surface area contributed by atoms with Crippen molar-refractivity contribution in [2.24, 2.45) is 0 Å². The Morgan fingerprint density at radius 3 is 2.79 bits per heavy atom. The zero-order valence-corrected chi connectivity index (χ0v) is 9.51. The van der Waals surface area contributed by atoms with Crippen LogP contribution in [-0.2, 0) is 0 Å². The van der Waals surface area contributed by atoms with Crippen LogP contribution in [0.15, 0.2) is 11.2 Å². The average Bonchev–Trinajstić information content (AvgIpc) is 2.11. The lowest BCUT2D eigenvalue weighted by molar-refractivity contribution is 0.196. The van der Waals surface area contributed by atoms with E-state index in [0.717, 1.165) is 0 Å². The normalized spacial score (nSPS) is 15.1. The number of nitrogens with zero attached hydrogens (tertiary/aromatic N) is 2. The highest BCUT2D eigenvalue weighted by Crippen LogP contribution is 2.28. The van der Waals surface area contributed by atoms with E-state index in [2.05, 4.69) is 9.97 Å². The minimum Gasteiger partial charge on any atom is -0.395 e. The number of hydrogen-bond donors (Lipinski definition) is 2. The van der Waals surface area contributed by atoms with Crippen LogP contribution in [-0.4, -0.2) is 26.4 Å². The third-order valence-electron chi connectivity index (χ3n) is 1.73. The lowest BCUT2D eigenvalue weighted by Crippen LogP contribution is -2.15. The van der Waals surface area contributed by atoms with Crippen LogP contribution in [0, 0.1) is 0 Å². The Balaban J connectivity index is 2.80. The van der Waals surface area contributed by atoms with Crippen LogP contribution in [0.5, 0.6) is 0 Å². The number of halogens is 1. The number of rotatable bonds is 3. The van der Waals surface area contributed by atoms with E-state index in [-0.39, 0.29) is 10.5 Å². The molecule has 0 bridgehead atoms. The number of nitrogens with two attached hydrogens (primary N) is 1. The molecule has 6 heteroatoms. The highest BCUT2D eigenvalue weighted by molar-refractivity contribution is 8.00. The van der Waals surface area contributed by atoms with Gasteiger partial charge in [0, 0.05) is 5.25 Å². The molecule has 0 saturated carbocycles. The van der Waals surface area contributed by atoms with Gasteiger partial charge in [-0.1, -0.05) is 18.7 Å². The van der Waals surface area contributed by atoms with E-state index >= 15 is 0 Å². The summed E-state index contributed by atoms with van der Waals surface area (Å²) in [7, 11) is 0. The number of aromatic nitrogens is 2. The first kappa shape index (κ1) is 11.6. The summed E-state index contributed by atoms with van der Waals surface area (Å²) in [6.45, 7) is 3.61. The van der Waals surface area contributed by atoms with Crippen LogP contribution in [0.25, 0.3) is 0 Å². The lowest BCUT2D eigenvalue weighted by Gasteiger charge is -2.14. The molecule has 0 saturated heterocycles. The minimum atomic E-state index is -0.423. The van der Waals surface area contributed by atoms with Gasteiger partial charge in [-0.25, -0.2) is 9.97 Å². The molecule has 3 N–H and O–H groups in total. The van der Waals surface area contributed by atoms with Gasteiger partial charge < -0.3 is 10.8 Å². The quantitative estimate of drug-likeness (QED) is 0.471. The molecule has 2 atom stereocenters. The fourth-order valence-corrected chi connectivity index (χ4v) is 1.78. The third kappa shape index (κ3) is 3.01. The monoisotopic (exact) mass is 233 g/mol. The van der Waals surface area contributed by atoms with Gasteiger partial charge in [-0.3, -0.25) is 0 Å². The Labute approximate surface area is 91.9 Å². The SMILES string of the molecule is CC(O)C(C)Sc1nc(Cl)ncc1N. The topological polar surface area (TPSA) is 72.0 Å². The fraction of sp³-hybridized carbons (Fsp3) is 0.500. The fourth-order valence-electron chi connectivity index (χ4n) is 0.724. The minimum absolute atomic E-state index is 0.0169. The molecule has 0 aliphatic rings. The molecule has 0 amide bonds. The molecule has 1 aromatic rings. The molecule has 14 heavy (non-hydrogen) atoms. The molecule has 1 heterocycles. The maximum atomic E-state index is 9.30. The van der Waals surface area contributed by atoms with Crippen molar-refractivity contribution in [2.75, 3.05) is 5.73 Å². The summed E-state index contributed by atoms with van der Waals surface area (Å²) in [6, 6.07) is 0. The number of thioether (sulfide) groups is 1. The first-order valence-electron chi connectivity index (χ1n) is 4.13. The maximum Gasteiger partial charge on any atom is 0.223 e. The van der Waals surface area contributed by atoms with Gasteiger partial charge in [0.05, 0.1) is 18.0 Å². The van der Waals surface area contributed by atoms with E-state index in [9.17, 15) is 5.11 Å². The van der Waals surface area contributed by atoms with E-state index in [4.69, 9.17) is 17.3 Å². The predicted molar refractivity (Wildman–Crippen MR) is 58.5 cm³/mol. The molecule has 0 aromatic carbocycles. The van der Waals surface area contributed by atoms with E-state index in [0.29, 0.717) is 10.7 Å². The second-order valence-corrected chi connectivity index (χ2v) is 4.67. The number of aliphatic hydroxyl groups excluding tert-OH is 1. The van der Waals surface area contributed by atoms with Gasteiger partial charge in [0.25, 0.3) is 0 Å². The molecular formula is C8H12ClN3OS. The van der Waals surface area contributed by atoms with Crippen molar-refractivity contribution in [3.63, 3.8) is 0 Å². The zero-order chi connectivity index (χ0) is 10.7. The van der Waals surface area contributed by atoms with E-state index in [1.165, 1.54) is 18.0 Å². The standard InChI is InChI=1S/C8H12ClN3OS/c1-4(13)5(2)14-7-6(10)3-11-8(9)12-7/h3-5,13H,10H2,1-2H3. The smallest absolute Gasteiger partial charge is 0.223 e. The Kier molecular flexibility index (Phi) is 3.97. The molecule has 0 spiro atoms. The van der Waals surface area contributed by atoms with E-state index in [1.807, 2.05) is 6.92 Å². The third-order valence-corrected chi connectivity index (χ3v) is 3.23. The van der Waals surface area contributed by atoms with Gasteiger partial charge in [-0.05, 0) is 18.5 Å². The van der Waals surface area contributed by atoms with Crippen LogP contribution >= 0.6 is 23.4 Å². The molecule has 4 nitrogen and oxygen atoms in total. The van der Waals surface area contributed by atoms with Crippen molar-refractivity contribution in [1.29, 1.82) is 0 Å². The molecule has 0 fully saturated rings. The maximum absolute atomic E-state index is 9.30. The molecule has 78 valence electrons. The first-order chi connectivity index (χ1) is 6.50. The number of anilines is 1. The summed E-state index contributed by atoms with van der Waals surface area (Å²) >= 11 is 7.01. The lowest BCUT2D eigenvalue weighted by atomic mass is 10.3. The van der Waals surface area contributed by atoms with Gasteiger partial charge in [0.1, 0.15) is 5.03 Å². The summed E-state index contributed by atoms with van der Waals surface area (Å²) < 4.78 is 0. The Hall–Kier alpha value is -0.520. The predicted octanol–water partition coefficient (Wildman–Crippen LogP) is 1.57. The first-order valence-corrected chi connectivity index (χ1v) is 5.39. The van der Waals surface area contributed by atoms with Crippen LogP contribution in [0.1, 0.15) is 13.8 Å². The van der Waals surface area contributed by atoms with Gasteiger partial charge in [-0.15, -0.1) is 0 Å². The highest BCUT2D eigenvalue weighted by Gasteiger charge is 2.13. The second-order valence-electron chi connectivity index (χ2n) is 2.96. The van der Waals surface area contributed by atoms with Crippen LogP contribution < -0.4 is 5.73 Å². The number of aliphatic hydroxyl groups is 1. The molecule has 2 unspecified atom stereocenters. The van der Waals surface area contributed by atoms with Crippen molar-refractivity contribution < 1.29 is 5.11 Å². The van der Waals surface area contributed by atoms with Crippen molar-refractivity contribution in [2.45, 2.75) is 30.2 Å². The summed E-state index contributed by atoms with van der Waals surface area (Å²) in [5, 5.41) is 10.1. The Morgan fingerprint density at radius 1 is 1.57 bits per heavy atom. The zero-order valence-electron chi connectivity index (χ0n) is 7.94. The van der Waals surface area contributed by atoms with Gasteiger partial charge in [-0.2, -0.15) is 0 Å². The van der Waals surface area contributed by atoms with Crippen molar-refractivity contribution in [1.82, 2.24) is 9.97 Å². The van der Waals surface area contributed by atoms with Crippen LogP contribution in [0.4, 0.5) is 5.69 Å². The molecule has 1 rings (SSSR count). The summed E-state index contributed by atoms with van der Waals surface area (Å²) in [4.78, 5) is 7.72. The highest BCUT2D eigenvalue weighted by atomic mass is 35.5. The second kappa shape index (κ2) is 4.82. The average molecular weight is 234 g/mol. The van der Waals surface area contributed by atoms with Crippen molar-refractivity contribution >= 4 is 29.1 Å². The van der Waals surface area contributed by atoms with Crippen LogP contribution in [0.2, 0.25) is 5.28 Å². The van der Waals surface area contributed by atoms with Crippen molar-refractivity contribution in [3.05, 3.63) is 11.5 Å². The largest absolute Gasteiger partial charge is 0.395 e. The Bertz CT molecular complexity index is 321. The van der Waals surface area contributed by atoms with E-state index < -0.39 is 6.10 Å². The van der Waals surface area contributed by atoms with Gasteiger partial charge >= 0.3 is 0 Å². The summed E-state index contributed by atoms with van der Waals surface area (Å²) in [5.41, 5.74) is 6.13. The Morgan fingerprint density at radius 2 is 2.21 bits per heavy atom. The van der Waals surface area contributed by atoms with Crippen LogP contribution in [0.3, 0.4) is 0 Å². The van der Waals surface area contributed by atoms with E-state index in [1.54, 1.807) is 6.92 Å².